The quantitative estimate of drug-likeness (QED) is 0.630. The van der Waals surface area contributed by atoms with E-state index in [9.17, 15) is 18.3 Å². The summed E-state index contributed by atoms with van der Waals surface area (Å²) in [5, 5.41) is 19.1. The number of furan rings is 1. The largest absolute Gasteiger partial charge is 0.508 e. The van der Waals surface area contributed by atoms with Crippen LogP contribution in [0, 0.1) is 6.92 Å². The lowest BCUT2D eigenvalue weighted by Crippen LogP contribution is -2.26. The van der Waals surface area contributed by atoms with E-state index in [1.54, 1.807) is 26.0 Å². The van der Waals surface area contributed by atoms with Crippen molar-refractivity contribution in [1.82, 2.24) is 4.72 Å². The van der Waals surface area contributed by atoms with Gasteiger partial charge in [0.25, 0.3) is 0 Å². The Morgan fingerprint density at radius 1 is 1.19 bits per heavy atom. The van der Waals surface area contributed by atoms with Crippen molar-refractivity contribution >= 4 is 27.0 Å². The van der Waals surface area contributed by atoms with Gasteiger partial charge in [0.1, 0.15) is 11.3 Å². The molecule has 7 nitrogen and oxygen atoms in total. The first-order chi connectivity index (χ1) is 12.2. The molecule has 1 unspecified atom stereocenters. The van der Waals surface area contributed by atoms with E-state index < -0.39 is 22.0 Å². The topological polar surface area (TPSA) is 117 Å². The number of carboxylic acid groups (broad SMARTS) is 1. The van der Waals surface area contributed by atoms with Crippen LogP contribution >= 0.6 is 0 Å². The van der Waals surface area contributed by atoms with Crippen LogP contribution in [0.15, 0.2) is 51.8 Å². The number of hydrogen-bond acceptors (Lipinski definition) is 5. The number of hydrogen-bond donors (Lipinski definition) is 3. The number of aryl methyl sites for hydroxylation is 1. The number of sulfonamides is 1. The summed E-state index contributed by atoms with van der Waals surface area (Å²) in [4.78, 5) is 11.2. The first kappa shape index (κ1) is 18.0. The summed E-state index contributed by atoms with van der Waals surface area (Å²) in [6.07, 6.45) is 0. The predicted molar refractivity (Wildman–Crippen MR) is 94.8 cm³/mol. The summed E-state index contributed by atoms with van der Waals surface area (Å²) >= 11 is 0. The lowest BCUT2D eigenvalue weighted by atomic mass is 10.1. The van der Waals surface area contributed by atoms with Gasteiger partial charge < -0.3 is 14.6 Å². The molecule has 0 aliphatic carbocycles. The van der Waals surface area contributed by atoms with Crippen LogP contribution in [-0.4, -0.2) is 24.6 Å². The molecule has 0 bridgehead atoms. The van der Waals surface area contributed by atoms with Gasteiger partial charge in [-0.3, -0.25) is 0 Å². The highest BCUT2D eigenvalue weighted by molar-refractivity contribution is 7.89. The van der Waals surface area contributed by atoms with Gasteiger partial charge in [-0.1, -0.05) is 12.1 Å². The lowest BCUT2D eigenvalue weighted by Gasteiger charge is -2.15. The van der Waals surface area contributed by atoms with E-state index in [1.807, 2.05) is 0 Å². The molecule has 26 heavy (non-hydrogen) atoms. The maximum Gasteiger partial charge on any atom is 0.372 e. The number of phenolic OH excluding ortho intramolecular Hbond substituents is 1. The van der Waals surface area contributed by atoms with E-state index >= 15 is 0 Å². The molecule has 0 aliphatic rings. The highest BCUT2D eigenvalue weighted by Crippen LogP contribution is 2.28. The van der Waals surface area contributed by atoms with Gasteiger partial charge in [0.15, 0.2) is 0 Å². The number of aromatic hydroxyl groups is 1. The molecule has 1 atom stereocenters. The van der Waals surface area contributed by atoms with Crippen LogP contribution in [0.4, 0.5) is 0 Å². The molecule has 0 amide bonds. The van der Waals surface area contributed by atoms with Crippen molar-refractivity contribution in [2.24, 2.45) is 0 Å². The van der Waals surface area contributed by atoms with E-state index in [2.05, 4.69) is 4.72 Å². The molecule has 8 heteroatoms. The van der Waals surface area contributed by atoms with E-state index in [0.29, 0.717) is 22.1 Å². The van der Waals surface area contributed by atoms with Gasteiger partial charge >= 0.3 is 5.97 Å². The van der Waals surface area contributed by atoms with Crippen molar-refractivity contribution in [3.8, 4) is 5.75 Å². The number of carboxylic acids is 1. The van der Waals surface area contributed by atoms with Crippen LogP contribution in [-0.2, 0) is 10.0 Å². The first-order valence-corrected chi connectivity index (χ1v) is 9.25. The van der Waals surface area contributed by atoms with Crippen molar-refractivity contribution in [3.05, 3.63) is 59.4 Å². The Morgan fingerprint density at radius 2 is 1.92 bits per heavy atom. The van der Waals surface area contributed by atoms with Crippen molar-refractivity contribution in [1.29, 1.82) is 0 Å². The minimum absolute atomic E-state index is 0.00200. The SMILES string of the molecule is Cc1c(C(=O)O)oc2ccc(S(=O)(=O)NC(C)c3cccc(O)c3)cc12. The smallest absolute Gasteiger partial charge is 0.372 e. The summed E-state index contributed by atoms with van der Waals surface area (Å²) in [7, 11) is -3.86. The normalized spacial score (nSPS) is 13.0. The molecule has 3 rings (SSSR count). The molecule has 0 saturated carbocycles. The van der Waals surface area contributed by atoms with E-state index in [4.69, 9.17) is 9.52 Å². The van der Waals surface area contributed by atoms with E-state index in [0.717, 1.165) is 0 Å². The van der Waals surface area contributed by atoms with Gasteiger partial charge in [-0.2, -0.15) is 0 Å². The van der Waals surface area contributed by atoms with Crippen LogP contribution in [0.2, 0.25) is 0 Å². The van der Waals surface area contributed by atoms with Gasteiger partial charge in [-0.25, -0.2) is 17.9 Å². The zero-order valence-electron chi connectivity index (χ0n) is 14.1. The summed E-state index contributed by atoms with van der Waals surface area (Å²) in [5.74, 6) is -1.38. The molecular weight excluding hydrogens is 358 g/mol. The number of carbonyl (C=O) groups is 1. The average molecular weight is 375 g/mol. The van der Waals surface area contributed by atoms with Gasteiger partial charge in [0.2, 0.25) is 15.8 Å². The Bertz CT molecular complexity index is 1100. The maximum absolute atomic E-state index is 12.7. The molecule has 3 N–H and O–H groups in total. The molecule has 2 aromatic carbocycles. The Hall–Kier alpha value is -2.84. The molecule has 1 aromatic heterocycles. The molecule has 0 saturated heterocycles. The summed E-state index contributed by atoms with van der Waals surface area (Å²) < 4.78 is 33.1. The minimum Gasteiger partial charge on any atom is -0.508 e. The third-order valence-electron chi connectivity index (χ3n) is 4.11. The van der Waals surface area contributed by atoms with Crippen LogP contribution in [0.25, 0.3) is 11.0 Å². The number of rotatable bonds is 5. The molecule has 1 heterocycles. The third-order valence-corrected chi connectivity index (χ3v) is 5.65. The molecule has 0 aliphatic heterocycles. The number of phenols is 1. The molecule has 0 fully saturated rings. The van der Waals surface area contributed by atoms with Gasteiger partial charge in [0.05, 0.1) is 4.90 Å². The zero-order chi connectivity index (χ0) is 19.1. The zero-order valence-corrected chi connectivity index (χ0v) is 14.9. The van der Waals surface area contributed by atoms with Crippen LogP contribution in [0.1, 0.15) is 34.6 Å². The van der Waals surface area contributed by atoms with E-state index in [1.165, 1.54) is 30.3 Å². The van der Waals surface area contributed by atoms with Crippen LogP contribution < -0.4 is 4.72 Å². The second kappa shape index (κ2) is 6.47. The van der Waals surface area contributed by atoms with E-state index in [-0.39, 0.29) is 16.4 Å². The number of benzene rings is 2. The lowest BCUT2D eigenvalue weighted by molar-refractivity contribution is 0.0664. The summed E-state index contributed by atoms with van der Waals surface area (Å²) in [6, 6.07) is 9.92. The monoisotopic (exact) mass is 375 g/mol. The molecule has 3 aromatic rings. The molecule has 136 valence electrons. The summed E-state index contributed by atoms with van der Waals surface area (Å²) in [6.45, 7) is 3.23. The predicted octanol–water partition coefficient (Wildman–Crippen LogP) is 3.18. The Morgan fingerprint density at radius 3 is 2.58 bits per heavy atom. The maximum atomic E-state index is 12.7. The van der Waals surface area contributed by atoms with Crippen LogP contribution in [0.3, 0.4) is 0 Å². The second-order valence-corrected chi connectivity index (χ2v) is 7.67. The number of fused-ring (bicyclic) bond motifs is 1. The van der Waals surface area contributed by atoms with Crippen molar-refractivity contribution in [2.45, 2.75) is 24.8 Å². The van der Waals surface area contributed by atoms with Crippen molar-refractivity contribution < 1.29 is 27.8 Å². The highest BCUT2D eigenvalue weighted by atomic mass is 32.2. The Kier molecular flexibility index (Phi) is 4.47. The van der Waals surface area contributed by atoms with Gasteiger partial charge in [0, 0.05) is 17.0 Å². The molecule has 0 radical (unpaired) electrons. The highest BCUT2D eigenvalue weighted by Gasteiger charge is 2.22. The minimum atomic E-state index is -3.86. The fraction of sp³-hybridized carbons (Fsp3) is 0.167. The average Bonchev–Trinajstić information content (AvgIpc) is 2.91. The fourth-order valence-corrected chi connectivity index (χ4v) is 3.99. The number of nitrogens with one attached hydrogen (secondary N) is 1. The molecular formula is C18H17NO6S. The third kappa shape index (κ3) is 3.29. The Labute approximate surface area is 149 Å². The first-order valence-electron chi connectivity index (χ1n) is 7.77. The summed E-state index contributed by atoms with van der Waals surface area (Å²) in [5.41, 5.74) is 1.28. The second-order valence-electron chi connectivity index (χ2n) is 5.96. The van der Waals surface area contributed by atoms with Gasteiger partial charge in [-0.15, -0.1) is 0 Å². The standard InChI is InChI=1S/C18H17NO6S/c1-10-15-9-14(6-7-16(15)25-17(10)18(21)22)26(23,24)19-11(2)12-4-3-5-13(20)8-12/h3-9,11,19-20H,1-2H3,(H,21,22). The number of aromatic carboxylic acids is 1. The van der Waals surface area contributed by atoms with Gasteiger partial charge in [-0.05, 0) is 49.7 Å². The van der Waals surface area contributed by atoms with Crippen molar-refractivity contribution in [2.75, 3.05) is 0 Å². The van der Waals surface area contributed by atoms with Crippen molar-refractivity contribution in [3.63, 3.8) is 0 Å². The van der Waals surface area contributed by atoms with Crippen LogP contribution in [0.5, 0.6) is 5.75 Å². The molecule has 0 spiro atoms. The Balaban J connectivity index is 1.96. The fourth-order valence-electron chi connectivity index (χ4n) is 2.73.